The van der Waals surface area contributed by atoms with E-state index in [-0.39, 0.29) is 17.6 Å². The van der Waals surface area contributed by atoms with Gasteiger partial charge in [-0.15, -0.1) is 0 Å². The second-order valence-electron chi connectivity index (χ2n) is 6.07. The van der Waals surface area contributed by atoms with E-state index >= 15 is 0 Å². The summed E-state index contributed by atoms with van der Waals surface area (Å²) in [6, 6.07) is 6.61. The molecule has 0 amide bonds. The van der Waals surface area contributed by atoms with Crippen LogP contribution in [-0.2, 0) is 23.8 Å². The maximum absolute atomic E-state index is 12.1. The lowest BCUT2D eigenvalue weighted by atomic mass is 9.94. The van der Waals surface area contributed by atoms with Crippen LogP contribution in [-0.4, -0.2) is 33.5 Å². The third-order valence-corrected chi connectivity index (χ3v) is 5.54. The van der Waals surface area contributed by atoms with Crippen LogP contribution in [0.5, 0.6) is 0 Å². The summed E-state index contributed by atoms with van der Waals surface area (Å²) in [5.74, 6) is -0.500. The van der Waals surface area contributed by atoms with Gasteiger partial charge in [-0.1, -0.05) is 24.1 Å². The lowest BCUT2D eigenvalue weighted by Gasteiger charge is -2.31. The molecule has 1 aromatic carbocycles. The minimum absolute atomic E-state index is 0.00202. The molecule has 22 heavy (non-hydrogen) atoms. The largest absolute Gasteiger partial charge is 0.347 e. The van der Waals surface area contributed by atoms with E-state index in [1.54, 1.807) is 24.3 Å². The number of aryl methyl sites for hydroxylation is 1. The molecule has 1 saturated heterocycles. The summed E-state index contributed by atoms with van der Waals surface area (Å²) in [7, 11) is -3.74. The van der Waals surface area contributed by atoms with Crippen LogP contribution in [0.1, 0.15) is 37.7 Å². The van der Waals surface area contributed by atoms with E-state index in [1.807, 2.05) is 6.92 Å². The Morgan fingerprint density at radius 2 is 1.86 bits per heavy atom. The highest BCUT2D eigenvalue weighted by Crippen LogP contribution is 2.37. The van der Waals surface area contributed by atoms with Gasteiger partial charge >= 0.3 is 0 Å². The molecule has 1 aliphatic heterocycles. The van der Waals surface area contributed by atoms with Crippen LogP contribution < -0.4 is 0 Å². The van der Waals surface area contributed by atoms with Crippen molar-refractivity contribution in [3.63, 3.8) is 0 Å². The van der Waals surface area contributed by atoms with Crippen molar-refractivity contribution in [3.05, 3.63) is 29.8 Å². The summed E-state index contributed by atoms with van der Waals surface area (Å²) in [5.41, 5.74) is 1.01. The topological polar surface area (TPSA) is 61.8 Å². The average molecular weight is 326 g/mol. The van der Waals surface area contributed by atoms with Gasteiger partial charge in [0.1, 0.15) is 6.10 Å². The predicted molar refractivity (Wildman–Crippen MR) is 81.0 cm³/mol. The molecule has 3 rings (SSSR count). The van der Waals surface area contributed by atoms with E-state index in [4.69, 9.17) is 13.7 Å². The Balaban J connectivity index is 1.57. The monoisotopic (exact) mass is 326 g/mol. The van der Waals surface area contributed by atoms with Gasteiger partial charge in [-0.2, -0.15) is 8.42 Å². The smallest absolute Gasteiger partial charge is 0.297 e. The normalized spacial score (nSPS) is 24.7. The molecule has 2 fully saturated rings. The first-order valence-electron chi connectivity index (χ1n) is 7.77. The van der Waals surface area contributed by atoms with Crippen molar-refractivity contribution < 1.29 is 22.1 Å². The molecule has 1 heterocycles. The van der Waals surface area contributed by atoms with Gasteiger partial charge in [0.25, 0.3) is 10.1 Å². The Labute approximate surface area is 131 Å². The molecule has 0 radical (unpaired) electrons. The van der Waals surface area contributed by atoms with Crippen molar-refractivity contribution >= 4 is 10.1 Å². The van der Waals surface area contributed by atoms with Gasteiger partial charge in [-0.05, 0) is 31.9 Å². The van der Waals surface area contributed by atoms with Crippen LogP contribution >= 0.6 is 0 Å². The van der Waals surface area contributed by atoms with Crippen LogP contribution in [0.2, 0.25) is 0 Å². The van der Waals surface area contributed by atoms with Crippen molar-refractivity contribution in [2.24, 2.45) is 0 Å². The Bertz CT molecular complexity index is 602. The predicted octanol–water partition coefficient (Wildman–Crippen LogP) is 2.78. The molecule has 1 aromatic rings. The molecular weight excluding hydrogens is 304 g/mol. The molecule has 0 unspecified atom stereocenters. The van der Waals surface area contributed by atoms with Crippen LogP contribution in [0.3, 0.4) is 0 Å². The molecule has 1 saturated carbocycles. The molecule has 6 heteroatoms. The summed E-state index contributed by atoms with van der Waals surface area (Å²) in [6.07, 6.45) is 4.84. The fourth-order valence-electron chi connectivity index (χ4n) is 2.99. The quantitative estimate of drug-likeness (QED) is 0.796. The molecule has 1 aliphatic carbocycles. The summed E-state index contributed by atoms with van der Waals surface area (Å²) >= 11 is 0. The van der Waals surface area contributed by atoms with Crippen LogP contribution in [0.15, 0.2) is 29.2 Å². The first kappa shape index (κ1) is 15.9. The zero-order valence-corrected chi connectivity index (χ0v) is 13.6. The van der Waals surface area contributed by atoms with Crippen molar-refractivity contribution in [2.75, 3.05) is 13.2 Å². The highest BCUT2D eigenvalue weighted by Gasteiger charge is 2.42. The lowest BCUT2D eigenvalue weighted by Crippen LogP contribution is -2.34. The molecule has 0 N–H and O–H groups in total. The minimum atomic E-state index is -3.74. The summed E-state index contributed by atoms with van der Waals surface area (Å²) in [6.45, 7) is 2.30. The zero-order valence-electron chi connectivity index (χ0n) is 12.8. The Morgan fingerprint density at radius 3 is 2.55 bits per heavy atom. The Hall–Kier alpha value is -0.950. The Morgan fingerprint density at radius 1 is 1.18 bits per heavy atom. The van der Waals surface area contributed by atoms with Crippen molar-refractivity contribution in [3.8, 4) is 0 Å². The van der Waals surface area contributed by atoms with Crippen molar-refractivity contribution in [2.45, 2.75) is 55.8 Å². The number of rotatable bonds is 4. The highest BCUT2D eigenvalue weighted by atomic mass is 32.2. The van der Waals surface area contributed by atoms with Crippen molar-refractivity contribution in [1.82, 2.24) is 0 Å². The van der Waals surface area contributed by atoms with Gasteiger partial charge in [0.2, 0.25) is 0 Å². The second kappa shape index (κ2) is 6.28. The number of hydrogen-bond donors (Lipinski definition) is 0. The van der Waals surface area contributed by atoms with Gasteiger partial charge in [0.15, 0.2) is 5.79 Å². The first-order chi connectivity index (χ1) is 10.5. The Kier molecular flexibility index (Phi) is 4.54. The minimum Gasteiger partial charge on any atom is -0.347 e. The van der Waals surface area contributed by atoms with Crippen molar-refractivity contribution in [1.29, 1.82) is 0 Å². The number of ether oxygens (including phenoxy) is 2. The zero-order chi connectivity index (χ0) is 15.6. The van der Waals surface area contributed by atoms with E-state index in [0.717, 1.165) is 31.2 Å². The fourth-order valence-corrected chi connectivity index (χ4v) is 3.93. The van der Waals surface area contributed by atoms with Gasteiger partial charge in [0.05, 0.1) is 18.1 Å². The molecule has 2 aliphatic rings. The lowest BCUT2D eigenvalue weighted by molar-refractivity contribution is -0.189. The number of benzene rings is 1. The van der Waals surface area contributed by atoms with E-state index < -0.39 is 15.9 Å². The molecule has 0 aromatic heterocycles. The molecule has 1 spiro atoms. The molecule has 5 nitrogen and oxygen atoms in total. The van der Waals surface area contributed by atoms with E-state index in [0.29, 0.717) is 6.61 Å². The maximum atomic E-state index is 12.1. The van der Waals surface area contributed by atoms with E-state index in [1.165, 1.54) is 6.42 Å². The molecule has 0 bridgehead atoms. The molecule has 1 atom stereocenters. The van der Waals surface area contributed by atoms with Gasteiger partial charge < -0.3 is 9.47 Å². The first-order valence-corrected chi connectivity index (χ1v) is 9.18. The van der Waals surface area contributed by atoms with Gasteiger partial charge in [-0.3, -0.25) is 4.18 Å². The number of hydrogen-bond acceptors (Lipinski definition) is 5. The SMILES string of the molecule is Cc1ccc(S(=O)(=O)OC[C@H]2COC3(CCCCC3)O2)cc1. The molecule has 122 valence electrons. The van der Waals surface area contributed by atoms with Crippen LogP contribution in [0.4, 0.5) is 0 Å². The van der Waals surface area contributed by atoms with E-state index in [2.05, 4.69) is 0 Å². The average Bonchev–Trinajstić information content (AvgIpc) is 2.89. The highest BCUT2D eigenvalue weighted by molar-refractivity contribution is 7.86. The maximum Gasteiger partial charge on any atom is 0.297 e. The molecular formula is C16H22O5S. The third-order valence-electron chi connectivity index (χ3n) is 4.25. The van der Waals surface area contributed by atoms with Crippen LogP contribution in [0, 0.1) is 6.92 Å². The summed E-state index contributed by atoms with van der Waals surface area (Å²) in [4.78, 5) is 0.171. The fraction of sp³-hybridized carbons (Fsp3) is 0.625. The van der Waals surface area contributed by atoms with Gasteiger partial charge in [0, 0.05) is 12.8 Å². The second-order valence-corrected chi connectivity index (χ2v) is 7.69. The third kappa shape index (κ3) is 3.51. The summed E-state index contributed by atoms with van der Waals surface area (Å²) < 4.78 is 41.2. The van der Waals surface area contributed by atoms with Crippen LogP contribution in [0.25, 0.3) is 0 Å². The summed E-state index contributed by atoms with van der Waals surface area (Å²) in [5, 5.41) is 0. The standard InChI is InChI=1S/C16H22O5S/c1-13-5-7-15(8-6-13)22(17,18)20-12-14-11-19-16(21-14)9-3-2-4-10-16/h5-8,14H,2-4,9-12H2,1H3/t14-/m1/s1. The van der Waals surface area contributed by atoms with E-state index in [9.17, 15) is 8.42 Å². The van der Waals surface area contributed by atoms with Gasteiger partial charge in [-0.25, -0.2) is 0 Å².